The summed E-state index contributed by atoms with van der Waals surface area (Å²) in [5, 5.41) is 0. The molecule has 2 aromatic rings. The first-order chi connectivity index (χ1) is 8.47. The van der Waals surface area contributed by atoms with Crippen LogP contribution in [0.1, 0.15) is 5.56 Å². The van der Waals surface area contributed by atoms with Crippen molar-refractivity contribution in [2.75, 3.05) is 5.73 Å². The predicted molar refractivity (Wildman–Crippen MR) is 58.0 cm³/mol. The molecule has 18 heavy (non-hydrogen) atoms. The van der Waals surface area contributed by atoms with Gasteiger partial charge >= 0.3 is 6.18 Å². The largest absolute Gasteiger partial charge is 0.436 e. The van der Waals surface area contributed by atoms with Crippen LogP contribution in [-0.2, 0) is 6.18 Å². The van der Waals surface area contributed by atoms with E-state index in [0.29, 0.717) is 0 Å². The predicted octanol–water partition coefficient (Wildman–Crippen LogP) is 2.87. The Morgan fingerprint density at radius 3 is 2.50 bits per heavy atom. The Kier molecular flexibility index (Phi) is 3.05. The number of aromatic nitrogens is 2. The first-order valence-corrected chi connectivity index (χ1v) is 4.88. The summed E-state index contributed by atoms with van der Waals surface area (Å²) in [7, 11) is 0. The van der Waals surface area contributed by atoms with E-state index >= 15 is 0 Å². The quantitative estimate of drug-likeness (QED) is 0.896. The van der Waals surface area contributed by atoms with Crippen molar-refractivity contribution in [1.82, 2.24) is 9.97 Å². The summed E-state index contributed by atoms with van der Waals surface area (Å²) in [5.74, 6) is -0.0243. The lowest BCUT2D eigenvalue weighted by molar-refractivity contribution is -0.137. The van der Waals surface area contributed by atoms with E-state index in [1.165, 1.54) is 24.5 Å². The molecule has 0 unspecified atom stereocenters. The molecule has 7 heteroatoms. The van der Waals surface area contributed by atoms with E-state index in [1.54, 1.807) is 0 Å². The number of halogens is 3. The third-order valence-corrected chi connectivity index (χ3v) is 2.07. The number of alkyl halides is 3. The molecule has 2 N–H and O–H groups in total. The van der Waals surface area contributed by atoms with Crippen molar-refractivity contribution in [3.8, 4) is 11.6 Å². The lowest BCUT2D eigenvalue weighted by Gasteiger charge is -2.09. The molecule has 0 aliphatic rings. The second-order valence-corrected chi connectivity index (χ2v) is 3.37. The maximum Gasteiger partial charge on any atom is 0.416 e. The first kappa shape index (κ1) is 12.2. The third kappa shape index (κ3) is 2.68. The highest BCUT2D eigenvalue weighted by molar-refractivity contribution is 5.42. The summed E-state index contributed by atoms with van der Waals surface area (Å²) in [4.78, 5) is 7.49. The molecule has 94 valence electrons. The van der Waals surface area contributed by atoms with E-state index in [0.717, 1.165) is 12.1 Å². The molecule has 0 amide bonds. The Bertz CT molecular complexity index is 557. The standard InChI is InChI=1S/C11H8F3N3O/c12-11(13,14)7-2-1-3-8(6-7)18-10-9(15)16-4-5-17-10/h1-6H,(H2,15,16). The molecule has 0 aliphatic carbocycles. The molecule has 4 nitrogen and oxygen atoms in total. The summed E-state index contributed by atoms with van der Waals surface area (Å²) < 4.78 is 42.6. The molecule has 1 aromatic heterocycles. The van der Waals surface area contributed by atoms with Gasteiger partial charge in [0.05, 0.1) is 5.56 Å². The molecule has 0 fully saturated rings. The average Bonchev–Trinajstić information content (AvgIpc) is 2.31. The van der Waals surface area contributed by atoms with Gasteiger partial charge in [-0.05, 0) is 18.2 Å². The second-order valence-electron chi connectivity index (χ2n) is 3.37. The molecule has 0 atom stereocenters. The van der Waals surface area contributed by atoms with Gasteiger partial charge in [0, 0.05) is 12.4 Å². The van der Waals surface area contributed by atoms with Crippen LogP contribution >= 0.6 is 0 Å². The maximum atomic E-state index is 12.5. The summed E-state index contributed by atoms with van der Waals surface area (Å²) in [5.41, 5.74) is 4.67. The molecule has 0 saturated carbocycles. The minimum Gasteiger partial charge on any atom is -0.436 e. The molecule has 0 bridgehead atoms. The van der Waals surface area contributed by atoms with Crippen molar-refractivity contribution >= 4 is 5.82 Å². The van der Waals surface area contributed by atoms with Gasteiger partial charge in [-0.2, -0.15) is 13.2 Å². The van der Waals surface area contributed by atoms with E-state index in [2.05, 4.69) is 9.97 Å². The zero-order valence-electron chi connectivity index (χ0n) is 8.98. The smallest absolute Gasteiger partial charge is 0.416 e. The Hall–Kier alpha value is -2.31. The van der Waals surface area contributed by atoms with Crippen LogP contribution in [0.3, 0.4) is 0 Å². The van der Waals surface area contributed by atoms with Crippen molar-refractivity contribution in [3.05, 3.63) is 42.2 Å². The Morgan fingerprint density at radius 2 is 1.83 bits per heavy atom. The molecular formula is C11H8F3N3O. The summed E-state index contributed by atoms with van der Waals surface area (Å²) in [6.07, 6.45) is -1.74. The number of rotatable bonds is 2. The molecule has 0 saturated heterocycles. The number of nitrogen functional groups attached to an aromatic ring is 1. The summed E-state index contributed by atoms with van der Waals surface area (Å²) in [6.45, 7) is 0. The van der Waals surface area contributed by atoms with E-state index < -0.39 is 11.7 Å². The normalized spacial score (nSPS) is 11.3. The van der Waals surface area contributed by atoms with Gasteiger partial charge in [-0.3, -0.25) is 0 Å². The fourth-order valence-corrected chi connectivity index (χ4v) is 1.26. The SMILES string of the molecule is Nc1nccnc1Oc1cccc(C(F)(F)F)c1. The average molecular weight is 255 g/mol. The van der Waals surface area contributed by atoms with E-state index in [1.807, 2.05) is 0 Å². The fraction of sp³-hybridized carbons (Fsp3) is 0.0909. The molecule has 0 aliphatic heterocycles. The van der Waals surface area contributed by atoms with E-state index in [4.69, 9.17) is 10.5 Å². The number of hydrogen-bond acceptors (Lipinski definition) is 4. The Morgan fingerprint density at radius 1 is 1.11 bits per heavy atom. The molecular weight excluding hydrogens is 247 g/mol. The summed E-state index contributed by atoms with van der Waals surface area (Å²) >= 11 is 0. The van der Waals surface area contributed by atoms with Gasteiger partial charge in [0.25, 0.3) is 5.88 Å². The van der Waals surface area contributed by atoms with Crippen molar-refractivity contribution in [2.45, 2.75) is 6.18 Å². The molecule has 1 aromatic carbocycles. The van der Waals surface area contributed by atoms with Crippen LogP contribution in [0.5, 0.6) is 11.6 Å². The topological polar surface area (TPSA) is 61.0 Å². The van der Waals surface area contributed by atoms with Gasteiger partial charge in [-0.15, -0.1) is 0 Å². The minimum absolute atomic E-state index is 0.00275. The Balaban J connectivity index is 2.28. The lowest BCUT2D eigenvalue weighted by Crippen LogP contribution is -2.05. The Labute approximate surface area is 100 Å². The van der Waals surface area contributed by atoms with Gasteiger partial charge < -0.3 is 10.5 Å². The highest BCUT2D eigenvalue weighted by Crippen LogP contribution is 2.32. The van der Waals surface area contributed by atoms with Crippen molar-refractivity contribution in [1.29, 1.82) is 0 Å². The van der Waals surface area contributed by atoms with Crippen LogP contribution in [0.2, 0.25) is 0 Å². The fourth-order valence-electron chi connectivity index (χ4n) is 1.26. The van der Waals surface area contributed by atoms with Crippen molar-refractivity contribution < 1.29 is 17.9 Å². The zero-order chi connectivity index (χ0) is 13.2. The van der Waals surface area contributed by atoms with Crippen LogP contribution in [0.4, 0.5) is 19.0 Å². The number of benzene rings is 1. The number of nitrogens with two attached hydrogens (primary N) is 1. The van der Waals surface area contributed by atoms with E-state index in [9.17, 15) is 13.2 Å². The second kappa shape index (κ2) is 4.52. The van der Waals surface area contributed by atoms with Crippen molar-refractivity contribution in [2.24, 2.45) is 0 Å². The first-order valence-electron chi connectivity index (χ1n) is 4.88. The van der Waals surface area contributed by atoms with Crippen LogP contribution < -0.4 is 10.5 Å². The number of hydrogen-bond donors (Lipinski definition) is 1. The molecule has 2 rings (SSSR count). The summed E-state index contributed by atoms with van der Waals surface area (Å²) in [6, 6.07) is 4.44. The van der Waals surface area contributed by atoms with Gasteiger partial charge in [-0.1, -0.05) is 6.07 Å². The number of ether oxygens (including phenoxy) is 1. The molecule has 0 radical (unpaired) electrons. The van der Waals surface area contributed by atoms with Gasteiger partial charge in [0.15, 0.2) is 5.82 Å². The van der Waals surface area contributed by atoms with Crippen LogP contribution in [0.15, 0.2) is 36.7 Å². The van der Waals surface area contributed by atoms with Gasteiger partial charge in [0.2, 0.25) is 0 Å². The zero-order valence-corrected chi connectivity index (χ0v) is 8.98. The van der Waals surface area contributed by atoms with Gasteiger partial charge in [-0.25, -0.2) is 9.97 Å². The van der Waals surface area contributed by atoms with Crippen LogP contribution in [-0.4, -0.2) is 9.97 Å². The van der Waals surface area contributed by atoms with Crippen LogP contribution in [0.25, 0.3) is 0 Å². The molecule has 1 heterocycles. The third-order valence-electron chi connectivity index (χ3n) is 2.07. The number of nitrogens with zero attached hydrogens (tertiary/aromatic N) is 2. The van der Waals surface area contributed by atoms with Gasteiger partial charge in [0.1, 0.15) is 5.75 Å². The van der Waals surface area contributed by atoms with Crippen LogP contribution in [0, 0.1) is 0 Å². The highest BCUT2D eigenvalue weighted by Gasteiger charge is 2.30. The monoisotopic (exact) mass is 255 g/mol. The number of anilines is 1. The minimum atomic E-state index is -4.42. The lowest BCUT2D eigenvalue weighted by atomic mass is 10.2. The van der Waals surface area contributed by atoms with Crippen molar-refractivity contribution in [3.63, 3.8) is 0 Å². The highest BCUT2D eigenvalue weighted by atomic mass is 19.4. The maximum absolute atomic E-state index is 12.5. The molecule has 0 spiro atoms. The van der Waals surface area contributed by atoms with E-state index in [-0.39, 0.29) is 17.4 Å².